The van der Waals surface area contributed by atoms with Crippen LogP contribution in [0.15, 0.2) is 0 Å². The molecule has 6 heteroatoms. The zero-order valence-electron chi connectivity index (χ0n) is 9.03. The SMILES string of the molecule is O=C(O)C1CC(NC(=O)[C@@H]2CCCN2)CN1. The first-order chi connectivity index (χ1) is 7.66. The van der Waals surface area contributed by atoms with Gasteiger partial charge in [0.05, 0.1) is 6.04 Å². The van der Waals surface area contributed by atoms with Crippen molar-refractivity contribution in [3.05, 3.63) is 0 Å². The van der Waals surface area contributed by atoms with Gasteiger partial charge < -0.3 is 21.1 Å². The maximum atomic E-state index is 11.7. The Hall–Kier alpha value is -1.14. The Labute approximate surface area is 93.8 Å². The molecular weight excluding hydrogens is 210 g/mol. The van der Waals surface area contributed by atoms with Crippen LogP contribution in [-0.4, -0.2) is 48.2 Å². The molecule has 0 radical (unpaired) electrons. The number of hydrogen-bond acceptors (Lipinski definition) is 4. The fraction of sp³-hybridized carbons (Fsp3) is 0.800. The summed E-state index contributed by atoms with van der Waals surface area (Å²) in [7, 11) is 0. The maximum absolute atomic E-state index is 11.7. The monoisotopic (exact) mass is 227 g/mol. The molecule has 0 aromatic rings. The first kappa shape index (κ1) is 11.3. The molecule has 0 bridgehead atoms. The molecule has 90 valence electrons. The van der Waals surface area contributed by atoms with Gasteiger partial charge in [0.25, 0.3) is 0 Å². The van der Waals surface area contributed by atoms with E-state index in [0.717, 1.165) is 19.4 Å². The molecule has 0 aromatic heterocycles. The van der Waals surface area contributed by atoms with Crippen LogP contribution in [0.3, 0.4) is 0 Å². The number of carbonyl (C=O) groups is 2. The van der Waals surface area contributed by atoms with E-state index in [1.54, 1.807) is 0 Å². The quantitative estimate of drug-likeness (QED) is 0.479. The Morgan fingerprint density at radius 3 is 2.62 bits per heavy atom. The van der Waals surface area contributed by atoms with Crippen molar-refractivity contribution >= 4 is 11.9 Å². The minimum absolute atomic E-state index is 0.00432. The summed E-state index contributed by atoms with van der Waals surface area (Å²) in [5, 5.41) is 17.7. The lowest BCUT2D eigenvalue weighted by Crippen LogP contribution is -2.45. The predicted molar refractivity (Wildman–Crippen MR) is 57.0 cm³/mol. The first-order valence-corrected chi connectivity index (χ1v) is 5.67. The second-order valence-electron chi connectivity index (χ2n) is 4.39. The molecule has 1 amide bonds. The van der Waals surface area contributed by atoms with Gasteiger partial charge in [0.2, 0.25) is 5.91 Å². The molecule has 2 unspecified atom stereocenters. The van der Waals surface area contributed by atoms with E-state index in [1.807, 2.05) is 0 Å². The zero-order valence-corrected chi connectivity index (χ0v) is 9.03. The van der Waals surface area contributed by atoms with E-state index in [9.17, 15) is 9.59 Å². The van der Waals surface area contributed by atoms with E-state index in [0.29, 0.717) is 13.0 Å². The molecule has 2 aliphatic rings. The van der Waals surface area contributed by atoms with Crippen LogP contribution in [0.1, 0.15) is 19.3 Å². The zero-order chi connectivity index (χ0) is 11.5. The summed E-state index contributed by atoms with van der Waals surface area (Å²) in [6.45, 7) is 1.42. The summed E-state index contributed by atoms with van der Waals surface area (Å²) in [6.07, 6.45) is 2.36. The lowest BCUT2D eigenvalue weighted by Gasteiger charge is -2.15. The van der Waals surface area contributed by atoms with Gasteiger partial charge in [-0.25, -0.2) is 0 Å². The fourth-order valence-electron chi connectivity index (χ4n) is 2.24. The molecule has 0 saturated carbocycles. The summed E-state index contributed by atoms with van der Waals surface area (Å²) >= 11 is 0. The Morgan fingerprint density at radius 2 is 2.06 bits per heavy atom. The second kappa shape index (κ2) is 4.80. The minimum atomic E-state index is -0.851. The van der Waals surface area contributed by atoms with Crippen LogP contribution < -0.4 is 16.0 Å². The van der Waals surface area contributed by atoms with Gasteiger partial charge >= 0.3 is 5.97 Å². The highest BCUT2D eigenvalue weighted by atomic mass is 16.4. The Kier molecular flexibility index (Phi) is 3.40. The number of amides is 1. The largest absolute Gasteiger partial charge is 0.480 e. The summed E-state index contributed by atoms with van der Waals surface area (Å²) in [5.41, 5.74) is 0. The number of hydrogen-bond donors (Lipinski definition) is 4. The van der Waals surface area contributed by atoms with Crippen LogP contribution in [0.2, 0.25) is 0 Å². The van der Waals surface area contributed by atoms with E-state index in [2.05, 4.69) is 16.0 Å². The molecule has 3 atom stereocenters. The summed E-state index contributed by atoms with van der Waals surface area (Å²) in [4.78, 5) is 22.4. The highest BCUT2D eigenvalue weighted by Crippen LogP contribution is 2.09. The molecule has 16 heavy (non-hydrogen) atoms. The number of carboxylic acid groups (broad SMARTS) is 1. The highest BCUT2D eigenvalue weighted by Gasteiger charge is 2.31. The normalized spacial score (nSPS) is 33.9. The van der Waals surface area contributed by atoms with Gasteiger partial charge in [0.15, 0.2) is 0 Å². The van der Waals surface area contributed by atoms with Crippen molar-refractivity contribution in [2.75, 3.05) is 13.1 Å². The Balaban J connectivity index is 1.78. The predicted octanol–water partition coefficient (Wildman–Crippen LogP) is -1.33. The number of carboxylic acids is 1. The van der Waals surface area contributed by atoms with Crippen molar-refractivity contribution < 1.29 is 14.7 Å². The summed E-state index contributed by atoms with van der Waals surface area (Å²) in [5.74, 6) is -0.855. The average molecular weight is 227 g/mol. The lowest BCUT2D eigenvalue weighted by molar-refractivity contribution is -0.139. The minimum Gasteiger partial charge on any atom is -0.480 e. The summed E-state index contributed by atoms with van der Waals surface area (Å²) < 4.78 is 0. The smallest absolute Gasteiger partial charge is 0.320 e. The van der Waals surface area contributed by atoms with E-state index >= 15 is 0 Å². The highest BCUT2D eigenvalue weighted by molar-refractivity contribution is 5.82. The van der Waals surface area contributed by atoms with Gasteiger partial charge in [-0.15, -0.1) is 0 Å². The molecule has 2 rings (SSSR count). The number of carbonyl (C=O) groups excluding carboxylic acids is 1. The molecule has 2 aliphatic heterocycles. The van der Waals surface area contributed by atoms with E-state index in [1.165, 1.54) is 0 Å². The third-order valence-corrected chi connectivity index (χ3v) is 3.15. The van der Waals surface area contributed by atoms with Crippen molar-refractivity contribution in [2.45, 2.75) is 37.4 Å². The molecule has 2 fully saturated rings. The van der Waals surface area contributed by atoms with Crippen LogP contribution in [0, 0.1) is 0 Å². The third kappa shape index (κ3) is 2.51. The van der Waals surface area contributed by atoms with Crippen LogP contribution in [-0.2, 0) is 9.59 Å². The van der Waals surface area contributed by atoms with Crippen LogP contribution in [0.4, 0.5) is 0 Å². The molecule has 2 heterocycles. The van der Waals surface area contributed by atoms with Gasteiger partial charge in [0, 0.05) is 12.6 Å². The molecular formula is C10H17N3O3. The third-order valence-electron chi connectivity index (χ3n) is 3.15. The van der Waals surface area contributed by atoms with Crippen molar-refractivity contribution in [1.82, 2.24) is 16.0 Å². The standard InChI is InChI=1S/C10H17N3O3/c14-9(7-2-1-3-11-7)13-6-4-8(10(15)16)12-5-6/h6-8,11-12H,1-5H2,(H,13,14)(H,15,16)/t6?,7-,8?/m0/s1. The van der Waals surface area contributed by atoms with Crippen molar-refractivity contribution in [1.29, 1.82) is 0 Å². The van der Waals surface area contributed by atoms with Gasteiger partial charge in [-0.3, -0.25) is 9.59 Å². The van der Waals surface area contributed by atoms with Crippen molar-refractivity contribution in [3.8, 4) is 0 Å². The molecule has 2 saturated heterocycles. The van der Waals surface area contributed by atoms with Gasteiger partial charge in [0.1, 0.15) is 6.04 Å². The van der Waals surface area contributed by atoms with Gasteiger partial charge in [-0.1, -0.05) is 0 Å². The second-order valence-corrected chi connectivity index (χ2v) is 4.39. The molecule has 4 N–H and O–H groups in total. The topological polar surface area (TPSA) is 90.5 Å². The first-order valence-electron chi connectivity index (χ1n) is 5.67. The van der Waals surface area contributed by atoms with E-state index < -0.39 is 12.0 Å². The van der Waals surface area contributed by atoms with Crippen molar-refractivity contribution in [3.63, 3.8) is 0 Å². The number of nitrogens with one attached hydrogen (secondary N) is 3. The summed E-state index contributed by atoms with van der Waals surface area (Å²) in [6, 6.07) is -0.679. The molecule has 6 nitrogen and oxygen atoms in total. The fourth-order valence-corrected chi connectivity index (χ4v) is 2.24. The number of rotatable bonds is 3. The Morgan fingerprint density at radius 1 is 1.25 bits per heavy atom. The van der Waals surface area contributed by atoms with E-state index in [4.69, 9.17) is 5.11 Å². The average Bonchev–Trinajstić information content (AvgIpc) is 2.87. The van der Waals surface area contributed by atoms with Gasteiger partial charge in [-0.05, 0) is 25.8 Å². The Bertz CT molecular complexity index is 289. The molecule has 0 aromatic carbocycles. The molecule has 0 spiro atoms. The van der Waals surface area contributed by atoms with Crippen LogP contribution in [0.25, 0.3) is 0 Å². The molecule has 0 aliphatic carbocycles. The van der Waals surface area contributed by atoms with Crippen LogP contribution >= 0.6 is 0 Å². The number of aliphatic carboxylic acids is 1. The van der Waals surface area contributed by atoms with Crippen molar-refractivity contribution in [2.24, 2.45) is 0 Å². The van der Waals surface area contributed by atoms with Gasteiger partial charge in [-0.2, -0.15) is 0 Å². The van der Waals surface area contributed by atoms with Crippen LogP contribution in [0.5, 0.6) is 0 Å². The van der Waals surface area contributed by atoms with E-state index in [-0.39, 0.29) is 18.0 Å². The lowest BCUT2D eigenvalue weighted by atomic mass is 10.1. The maximum Gasteiger partial charge on any atom is 0.320 e.